The van der Waals surface area contributed by atoms with Gasteiger partial charge in [-0.3, -0.25) is 14.5 Å². The van der Waals surface area contributed by atoms with Gasteiger partial charge in [-0.15, -0.1) is 0 Å². The number of hydrogen-bond donors (Lipinski definition) is 2. The van der Waals surface area contributed by atoms with Crippen LogP contribution in [-0.4, -0.2) is 40.0 Å². The SMILES string of the molecule is CCC1=C2B(O)O[C@H](c3ccc(O)c(F)c3)C[C@H]2[C@H]2C(=O)N(C3CCCCC3)C(=O)[C@H]2C1. The summed E-state index contributed by atoms with van der Waals surface area (Å²) >= 11 is 0. The molecule has 3 fully saturated rings. The fourth-order valence-corrected chi connectivity index (χ4v) is 6.41. The Morgan fingerprint density at radius 2 is 1.91 bits per heavy atom. The third-order valence-electron chi connectivity index (χ3n) is 7.96. The van der Waals surface area contributed by atoms with Crippen LogP contribution in [0.15, 0.2) is 29.2 Å². The van der Waals surface area contributed by atoms with Crippen LogP contribution in [0.1, 0.15) is 70.0 Å². The van der Waals surface area contributed by atoms with Gasteiger partial charge in [0, 0.05) is 6.04 Å². The summed E-state index contributed by atoms with van der Waals surface area (Å²) in [6.07, 6.45) is 5.86. The number of amides is 2. The lowest BCUT2D eigenvalue weighted by atomic mass is 9.55. The molecule has 2 amide bonds. The molecule has 5 rings (SSSR count). The maximum atomic E-state index is 14.0. The lowest BCUT2D eigenvalue weighted by molar-refractivity contribution is -0.143. The van der Waals surface area contributed by atoms with Gasteiger partial charge >= 0.3 is 7.12 Å². The van der Waals surface area contributed by atoms with Crippen LogP contribution < -0.4 is 0 Å². The molecule has 2 aliphatic carbocycles. The van der Waals surface area contributed by atoms with Crippen molar-refractivity contribution in [3.05, 3.63) is 40.6 Å². The molecule has 32 heavy (non-hydrogen) atoms. The minimum absolute atomic E-state index is 0.0189. The van der Waals surface area contributed by atoms with Gasteiger partial charge in [0.1, 0.15) is 0 Å². The standard InChI is InChI=1S/C24H29BFNO5/c1-2-13-10-17-21(24(30)27(23(17)29)15-6-4-3-5-7-15)16-12-20(32-25(31)22(13)16)14-8-9-19(28)18(26)11-14/h8-9,11,15-17,20-21,28,31H,2-7,10,12H2,1H3/t16-,17-,20-,21+/m0/s1. The first-order chi connectivity index (χ1) is 15.4. The molecule has 1 saturated carbocycles. The summed E-state index contributed by atoms with van der Waals surface area (Å²) in [5.41, 5.74) is 2.22. The van der Waals surface area contributed by atoms with Crippen molar-refractivity contribution in [1.29, 1.82) is 0 Å². The first kappa shape index (κ1) is 21.6. The molecule has 0 unspecified atom stereocenters. The number of likely N-dealkylation sites (tertiary alicyclic amines) is 1. The second kappa shape index (κ2) is 8.30. The molecule has 1 aromatic rings. The monoisotopic (exact) mass is 441 g/mol. The third kappa shape index (κ3) is 3.39. The zero-order chi connectivity index (χ0) is 22.6. The number of aromatic hydroxyl groups is 1. The van der Waals surface area contributed by atoms with Crippen molar-refractivity contribution in [3.63, 3.8) is 0 Å². The Hall–Kier alpha value is -2.19. The van der Waals surface area contributed by atoms with Crippen LogP contribution in [0.4, 0.5) is 4.39 Å². The van der Waals surface area contributed by atoms with Gasteiger partial charge in [0.25, 0.3) is 0 Å². The molecule has 4 aliphatic rings. The van der Waals surface area contributed by atoms with E-state index in [9.17, 15) is 24.1 Å². The largest absolute Gasteiger partial charge is 0.505 e. The van der Waals surface area contributed by atoms with E-state index in [0.717, 1.165) is 43.1 Å². The third-order valence-corrected chi connectivity index (χ3v) is 7.96. The van der Waals surface area contributed by atoms with Crippen LogP contribution in [-0.2, 0) is 14.2 Å². The van der Waals surface area contributed by atoms with E-state index in [-0.39, 0.29) is 23.8 Å². The van der Waals surface area contributed by atoms with Crippen molar-refractivity contribution < 1.29 is 28.8 Å². The molecule has 2 saturated heterocycles. The van der Waals surface area contributed by atoms with Crippen molar-refractivity contribution in [2.24, 2.45) is 17.8 Å². The Kier molecular flexibility index (Phi) is 5.62. The maximum Gasteiger partial charge on any atom is 0.487 e. The summed E-state index contributed by atoms with van der Waals surface area (Å²) in [6.45, 7) is 1.99. The molecule has 1 aromatic carbocycles. The number of carbonyl (C=O) groups is 2. The Morgan fingerprint density at radius 3 is 2.59 bits per heavy atom. The Balaban J connectivity index is 1.50. The molecule has 2 heterocycles. The van der Waals surface area contributed by atoms with Crippen LogP contribution in [0.2, 0.25) is 0 Å². The minimum atomic E-state index is -1.20. The van der Waals surface area contributed by atoms with Crippen molar-refractivity contribution in [2.75, 3.05) is 0 Å². The van der Waals surface area contributed by atoms with Crippen molar-refractivity contribution in [1.82, 2.24) is 4.90 Å². The summed E-state index contributed by atoms with van der Waals surface area (Å²) in [5, 5.41) is 20.4. The van der Waals surface area contributed by atoms with E-state index in [1.54, 1.807) is 11.0 Å². The van der Waals surface area contributed by atoms with Gasteiger partial charge in [-0.05, 0) is 61.2 Å². The molecule has 0 spiro atoms. The van der Waals surface area contributed by atoms with Crippen molar-refractivity contribution in [2.45, 2.75) is 70.4 Å². The quantitative estimate of drug-likeness (QED) is 0.552. The normalized spacial score (nSPS) is 31.2. The fourth-order valence-electron chi connectivity index (χ4n) is 6.41. The number of halogens is 1. The second-order valence-electron chi connectivity index (χ2n) is 9.62. The molecule has 0 bridgehead atoms. The van der Waals surface area contributed by atoms with Gasteiger partial charge in [-0.1, -0.05) is 37.8 Å². The van der Waals surface area contributed by atoms with Gasteiger partial charge in [0.15, 0.2) is 11.6 Å². The van der Waals surface area contributed by atoms with Gasteiger partial charge in [-0.25, -0.2) is 4.39 Å². The van der Waals surface area contributed by atoms with Crippen LogP contribution in [0, 0.1) is 23.6 Å². The van der Waals surface area contributed by atoms with E-state index < -0.39 is 36.6 Å². The van der Waals surface area contributed by atoms with E-state index in [1.165, 1.54) is 12.1 Å². The molecule has 2 N–H and O–H groups in total. The maximum absolute atomic E-state index is 14.0. The molecule has 0 aromatic heterocycles. The number of nitrogens with zero attached hydrogens (tertiary/aromatic N) is 1. The lowest BCUT2D eigenvalue weighted by Gasteiger charge is -2.42. The highest BCUT2D eigenvalue weighted by Gasteiger charge is 2.58. The topological polar surface area (TPSA) is 87.1 Å². The minimum Gasteiger partial charge on any atom is -0.505 e. The van der Waals surface area contributed by atoms with Gasteiger partial charge in [-0.2, -0.15) is 0 Å². The lowest BCUT2D eigenvalue weighted by Crippen LogP contribution is -2.45. The molecule has 170 valence electrons. The number of imide groups is 1. The molecule has 4 atom stereocenters. The van der Waals surface area contributed by atoms with E-state index >= 15 is 0 Å². The Morgan fingerprint density at radius 1 is 1.16 bits per heavy atom. The molecular formula is C24H29BFNO5. The predicted molar refractivity (Wildman–Crippen MR) is 116 cm³/mol. The van der Waals surface area contributed by atoms with Crippen LogP contribution in [0.5, 0.6) is 5.75 Å². The number of fused-ring (bicyclic) bond motifs is 3. The summed E-state index contributed by atoms with van der Waals surface area (Å²) < 4.78 is 19.8. The van der Waals surface area contributed by atoms with Crippen LogP contribution in [0.3, 0.4) is 0 Å². The zero-order valence-electron chi connectivity index (χ0n) is 18.3. The average Bonchev–Trinajstić information content (AvgIpc) is 3.05. The van der Waals surface area contributed by atoms with Gasteiger partial charge < -0.3 is 14.8 Å². The number of hydrogen-bond acceptors (Lipinski definition) is 5. The number of rotatable bonds is 3. The smallest absolute Gasteiger partial charge is 0.487 e. The van der Waals surface area contributed by atoms with Crippen molar-refractivity contribution in [3.8, 4) is 5.75 Å². The fraction of sp³-hybridized carbons (Fsp3) is 0.583. The first-order valence-electron chi connectivity index (χ1n) is 11.8. The summed E-state index contributed by atoms with van der Waals surface area (Å²) in [6, 6.07) is 4.02. The van der Waals surface area contributed by atoms with E-state index in [0.29, 0.717) is 24.8 Å². The van der Waals surface area contributed by atoms with Gasteiger partial charge in [0.05, 0.1) is 17.9 Å². The Labute approximate surface area is 187 Å². The summed E-state index contributed by atoms with van der Waals surface area (Å²) in [5.74, 6) is -2.60. The van der Waals surface area contributed by atoms with Gasteiger partial charge in [0.2, 0.25) is 11.8 Å². The highest BCUT2D eigenvalue weighted by atomic mass is 19.1. The molecule has 0 radical (unpaired) electrons. The molecule has 6 nitrogen and oxygen atoms in total. The van der Waals surface area contributed by atoms with Crippen LogP contribution >= 0.6 is 0 Å². The number of phenolic OH excluding ortho intramolecular Hbond substituents is 1. The first-order valence-corrected chi connectivity index (χ1v) is 11.8. The van der Waals surface area contributed by atoms with E-state index in [2.05, 4.69) is 0 Å². The number of allylic oxidation sites excluding steroid dienone is 2. The Bertz CT molecular complexity index is 975. The average molecular weight is 441 g/mol. The van der Waals surface area contributed by atoms with Crippen LogP contribution in [0.25, 0.3) is 0 Å². The predicted octanol–water partition coefficient (Wildman–Crippen LogP) is 3.67. The molecule has 2 aliphatic heterocycles. The number of phenols is 1. The highest BCUT2D eigenvalue weighted by molar-refractivity contribution is 6.53. The number of benzene rings is 1. The zero-order valence-corrected chi connectivity index (χ0v) is 18.3. The van der Waals surface area contributed by atoms with E-state index in [1.807, 2.05) is 6.92 Å². The molecular weight excluding hydrogens is 412 g/mol. The number of carbonyl (C=O) groups excluding carboxylic acids is 2. The highest BCUT2D eigenvalue weighted by Crippen LogP contribution is 2.52. The second-order valence-corrected chi connectivity index (χ2v) is 9.62. The molecule has 8 heteroatoms. The summed E-state index contributed by atoms with van der Waals surface area (Å²) in [7, 11) is -1.20. The summed E-state index contributed by atoms with van der Waals surface area (Å²) in [4.78, 5) is 28.6. The van der Waals surface area contributed by atoms with Crippen molar-refractivity contribution >= 4 is 18.9 Å². The van der Waals surface area contributed by atoms with E-state index in [4.69, 9.17) is 4.65 Å².